The lowest BCUT2D eigenvalue weighted by Crippen LogP contribution is -2.31. The van der Waals surface area contributed by atoms with Crippen LogP contribution in [-0.2, 0) is 4.79 Å². The van der Waals surface area contributed by atoms with Crippen molar-refractivity contribution in [3.05, 3.63) is 28.5 Å². The van der Waals surface area contributed by atoms with Crippen molar-refractivity contribution in [2.75, 3.05) is 6.54 Å². The minimum atomic E-state index is -0.178. The van der Waals surface area contributed by atoms with Crippen molar-refractivity contribution in [3.63, 3.8) is 0 Å². The number of rotatable bonds is 4. The standard InChI is InChI=1S/C14H19NO2S/c16-12-4-1-3-11(9-12)10-15-14(17)7-6-13-5-2-8-18-13/h2,5-8,11-12,16H,1,3-4,9-10H2,(H,15,17). The van der Waals surface area contributed by atoms with Gasteiger partial charge in [-0.25, -0.2) is 0 Å². The molecule has 1 fully saturated rings. The van der Waals surface area contributed by atoms with Crippen LogP contribution in [0.15, 0.2) is 23.6 Å². The Morgan fingerprint density at radius 2 is 2.44 bits per heavy atom. The van der Waals surface area contributed by atoms with Crippen molar-refractivity contribution in [1.29, 1.82) is 0 Å². The molecule has 2 rings (SSSR count). The molecule has 18 heavy (non-hydrogen) atoms. The van der Waals surface area contributed by atoms with Crippen molar-refractivity contribution in [1.82, 2.24) is 5.32 Å². The molecule has 0 aromatic carbocycles. The summed E-state index contributed by atoms with van der Waals surface area (Å²) < 4.78 is 0. The Kier molecular flexibility index (Phi) is 4.96. The van der Waals surface area contributed by atoms with E-state index >= 15 is 0 Å². The summed E-state index contributed by atoms with van der Waals surface area (Å²) in [6, 6.07) is 3.94. The molecular formula is C14H19NO2S. The Morgan fingerprint density at radius 3 is 3.17 bits per heavy atom. The second-order valence-corrected chi connectivity index (χ2v) is 5.76. The van der Waals surface area contributed by atoms with Crippen LogP contribution in [0.1, 0.15) is 30.6 Å². The van der Waals surface area contributed by atoms with Crippen molar-refractivity contribution in [2.24, 2.45) is 5.92 Å². The van der Waals surface area contributed by atoms with Crippen LogP contribution in [0.5, 0.6) is 0 Å². The molecule has 1 amide bonds. The minimum absolute atomic E-state index is 0.0523. The van der Waals surface area contributed by atoms with E-state index in [1.54, 1.807) is 17.4 Å². The number of hydrogen-bond acceptors (Lipinski definition) is 3. The van der Waals surface area contributed by atoms with Crippen LogP contribution in [0, 0.1) is 5.92 Å². The number of hydrogen-bond donors (Lipinski definition) is 2. The fourth-order valence-corrected chi connectivity index (χ4v) is 2.91. The molecule has 1 aliphatic carbocycles. The molecular weight excluding hydrogens is 246 g/mol. The van der Waals surface area contributed by atoms with E-state index in [-0.39, 0.29) is 12.0 Å². The summed E-state index contributed by atoms with van der Waals surface area (Å²) in [5, 5.41) is 14.4. The Bertz CT molecular complexity index is 400. The Hall–Kier alpha value is -1.13. The van der Waals surface area contributed by atoms with Gasteiger partial charge < -0.3 is 10.4 Å². The molecule has 0 radical (unpaired) electrons. The normalized spacial score (nSPS) is 24.3. The van der Waals surface area contributed by atoms with Crippen LogP contribution in [0.25, 0.3) is 6.08 Å². The van der Waals surface area contributed by atoms with Gasteiger partial charge in [0.1, 0.15) is 0 Å². The molecule has 1 aromatic heterocycles. The fourth-order valence-electron chi connectivity index (χ4n) is 2.30. The lowest BCUT2D eigenvalue weighted by atomic mass is 9.87. The van der Waals surface area contributed by atoms with Crippen molar-refractivity contribution in [3.8, 4) is 0 Å². The zero-order valence-electron chi connectivity index (χ0n) is 10.3. The topological polar surface area (TPSA) is 49.3 Å². The summed E-state index contributed by atoms with van der Waals surface area (Å²) >= 11 is 1.61. The maximum atomic E-state index is 11.6. The van der Waals surface area contributed by atoms with Gasteiger partial charge in [-0.15, -0.1) is 11.3 Å². The second-order valence-electron chi connectivity index (χ2n) is 4.78. The van der Waals surface area contributed by atoms with Crippen LogP contribution in [-0.4, -0.2) is 23.7 Å². The maximum absolute atomic E-state index is 11.6. The summed E-state index contributed by atoms with van der Waals surface area (Å²) in [6.07, 6.45) is 7.11. The molecule has 0 bridgehead atoms. The average molecular weight is 265 g/mol. The Labute approximate surface area is 112 Å². The first kappa shape index (κ1) is 13.3. The van der Waals surface area contributed by atoms with E-state index < -0.39 is 0 Å². The first-order valence-corrected chi connectivity index (χ1v) is 7.29. The third-order valence-corrected chi connectivity index (χ3v) is 4.10. The molecule has 3 nitrogen and oxygen atoms in total. The predicted molar refractivity (Wildman–Crippen MR) is 74.3 cm³/mol. The average Bonchev–Trinajstić information content (AvgIpc) is 2.87. The molecule has 0 aliphatic heterocycles. The van der Waals surface area contributed by atoms with E-state index in [0.717, 1.165) is 30.6 Å². The third kappa shape index (κ3) is 4.27. The van der Waals surface area contributed by atoms with Gasteiger partial charge in [0, 0.05) is 17.5 Å². The van der Waals surface area contributed by atoms with E-state index in [4.69, 9.17) is 0 Å². The number of aliphatic hydroxyl groups is 1. The zero-order chi connectivity index (χ0) is 12.8. The quantitative estimate of drug-likeness (QED) is 0.821. The van der Waals surface area contributed by atoms with E-state index in [1.165, 1.54) is 0 Å². The highest BCUT2D eigenvalue weighted by molar-refractivity contribution is 7.10. The van der Waals surface area contributed by atoms with Gasteiger partial charge >= 0.3 is 0 Å². The van der Waals surface area contributed by atoms with Crippen LogP contribution in [0.3, 0.4) is 0 Å². The monoisotopic (exact) mass is 265 g/mol. The van der Waals surface area contributed by atoms with Gasteiger partial charge in [-0.1, -0.05) is 12.5 Å². The van der Waals surface area contributed by atoms with Gasteiger partial charge in [0.2, 0.25) is 5.91 Å². The van der Waals surface area contributed by atoms with E-state index in [9.17, 15) is 9.90 Å². The molecule has 1 saturated carbocycles. The van der Waals surface area contributed by atoms with E-state index in [0.29, 0.717) is 12.5 Å². The number of thiophene rings is 1. The smallest absolute Gasteiger partial charge is 0.244 e. The SMILES string of the molecule is O=C(C=Cc1cccs1)NCC1CCCC(O)C1. The lowest BCUT2D eigenvalue weighted by molar-refractivity contribution is -0.116. The summed E-state index contributed by atoms with van der Waals surface area (Å²) in [5.74, 6) is 0.372. The van der Waals surface area contributed by atoms with Crippen LogP contribution >= 0.6 is 11.3 Å². The van der Waals surface area contributed by atoms with Crippen molar-refractivity contribution >= 4 is 23.3 Å². The van der Waals surface area contributed by atoms with Crippen LogP contribution in [0.4, 0.5) is 0 Å². The largest absolute Gasteiger partial charge is 0.393 e. The van der Waals surface area contributed by atoms with Gasteiger partial charge in [0.15, 0.2) is 0 Å². The Balaban J connectivity index is 1.71. The van der Waals surface area contributed by atoms with Crippen molar-refractivity contribution < 1.29 is 9.90 Å². The number of carbonyl (C=O) groups is 1. The highest BCUT2D eigenvalue weighted by Gasteiger charge is 2.19. The van der Waals surface area contributed by atoms with Crippen LogP contribution < -0.4 is 5.32 Å². The van der Waals surface area contributed by atoms with Gasteiger partial charge in [-0.3, -0.25) is 4.79 Å². The summed E-state index contributed by atoms with van der Waals surface area (Å²) in [7, 11) is 0. The molecule has 1 aromatic rings. The molecule has 2 N–H and O–H groups in total. The van der Waals surface area contributed by atoms with Crippen molar-refractivity contribution in [2.45, 2.75) is 31.8 Å². The summed E-state index contributed by atoms with van der Waals surface area (Å²) in [5.41, 5.74) is 0. The number of amides is 1. The second kappa shape index (κ2) is 6.71. The number of nitrogens with one attached hydrogen (secondary N) is 1. The molecule has 4 heteroatoms. The summed E-state index contributed by atoms with van der Waals surface area (Å²) in [4.78, 5) is 12.7. The van der Waals surface area contributed by atoms with E-state index in [1.807, 2.05) is 23.6 Å². The first-order valence-electron chi connectivity index (χ1n) is 6.41. The van der Waals surface area contributed by atoms with Gasteiger partial charge in [0.05, 0.1) is 6.10 Å². The molecule has 2 atom stereocenters. The fraction of sp³-hybridized carbons (Fsp3) is 0.500. The number of carbonyl (C=O) groups excluding carboxylic acids is 1. The Morgan fingerprint density at radius 1 is 1.56 bits per heavy atom. The predicted octanol–water partition coefficient (Wildman–Crippen LogP) is 2.43. The molecule has 0 spiro atoms. The molecule has 98 valence electrons. The van der Waals surface area contributed by atoms with Crippen LogP contribution in [0.2, 0.25) is 0 Å². The highest BCUT2D eigenvalue weighted by Crippen LogP contribution is 2.23. The molecule has 1 heterocycles. The zero-order valence-corrected chi connectivity index (χ0v) is 11.2. The van der Waals surface area contributed by atoms with E-state index in [2.05, 4.69) is 5.32 Å². The number of aliphatic hydroxyl groups excluding tert-OH is 1. The summed E-state index contributed by atoms with van der Waals surface area (Å²) in [6.45, 7) is 0.671. The highest BCUT2D eigenvalue weighted by atomic mass is 32.1. The lowest BCUT2D eigenvalue weighted by Gasteiger charge is -2.25. The third-order valence-electron chi connectivity index (χ3n) is 3.26. The maximum Gasteiger partial charge on any atom is 0.244 e. The first-order chi connectivity index (χ1) is 8.74. The molecule has 1 aliphatic rings. The van der Waals surface area contributed by atoms with Gasteiger partial charge in [-0.2, -0.15) is 0 Å². The molecule has 0 saturated heterocycles. The van der Waals surface area contributed by atoms with Gasteiger partial charge in [0.25, 0.3) is 0 Å². The molecule has 2 unspecified atom stereocenters. The minimum Gasteiger partial charge on any atom is -0.393 e. The van der Waals surface area contributed by atoms with Gasteiger partial charge in [-0.05, 0) is 42.7 Å².